The number of ether oxygens (including phenoxy) is 2. The number of hydrogen-bond donors (Lipinski definition) is 0. The standard InChI is InChI=1S/C13H17FO3/c1-13(2,8-12(15)17-4)9-5-6-10(14)11(7-9)16-3/h5-7H,8H2,1-4H3. The van der Waals surface area contributed by atoms with Crippen LogP contribution >= 0.6 is 0 Å². The average Bonchev–Trinajstić information content (AvgIpc) is 2.28. The molecule has 0 N–H and O–H groups in total. The summed E-state index contributed by atoms with van der Waals surface area (Å²) in [6, 6.07) is 4.60. The maximum Gasteiger partial charge on any atom is 0.306 e. The molecule has 0 aliphatic carbocycles. The molecule has 1 aromatic carbocycles. The smallest absolute Gasteiger partial charge is 0.306 e. The van der Waals surface area contributed by atoms with E-state index in [1.165, 1.54) is 20.3 Å². The fraction of sp³-hybridized carbons (Fsp3) is 0.462. The number of hydrogen-bond acceptors (Lipinski definition) is 3. The zero-order valence-electron chi connectivity index (χ0n) is 10.5. The topological polar surface area (TPSA) is 35.5 Å². The van der Waals surface area contributed by atoms with Crippen LogP contribution in [0.5, 0.6) is 5.75 Å². The minimum absolute atomic E-state index is 0.181. The summed E-state index contributed by atoms with van der Waals surface area (Å²) in [5.74, 6) is -0.524. The Hall–Kier alpha value is -1.58. The Kier molecular flexibility index (Phi) is 4.10. The van der Waals surface area contributed by atoms with Gasteiger partial charge < -0.3 is 9.47 Å². The molecular formula is C13H17FO3. The maximum absolute atomic E-state index is 13.3. The van der Waals surface area contributed by atoms with E-state index in [1.54, 1.807) is 12.1 Å². The molecule has 0 aromatic heterocycles. The second-order valence-electron chi connectivity index (χ2n) is 4.49. The van der Waals surface area contributed by atoms with Crippen LogP contribution in [0.1, 0.15) is 25.8 Å². The first-order chi connectivity index (χ1) is 7.90. The molecule has 0 spiro atoms. The summed E-state index contributed by atoms with van der Waals surface area (Å²) in [6.07, 6.45) is 0.234. The molecule has 4 heteroatoms. The van der Waals surface area contributed by atoms with E-state index < -0.39 is 11.2 Å². The molecular weight excluding hydrogens is 223 g/mol. The lowest BCUT2D eigenvalue weighted by Gasteiger charge is -2.24. The molecule has 94 valence electrons. The molecule has 0 atom stereocenters. The molecule has 0 saturated carbocycles. The summed E-state index contributed by atoms with van der Waals surface area (Å²) in [7, 11) is 2.76. The second-order valence-corrected chi connectivity index (χ2v) is 4.49. The Morgan fingerprint density at radius 1 is 1.35 bits per heavy atom. The molecule has 0 bridgehead atoms. The van der Waals surface area contributed by atoms with Crippen LogP contribution in [0.25, 0.3) is 0 Å². The summed E-state index contributed by atoms with van der Waals surface area (Å²) in [6.45, 7) is 3.80. The Balaban J connectivity index is 3.02. The number of benzene rings is 1. The van der Waals surface area contributed by atoms with Gasteiger partial charge in [0.2, 0.25) is 0 Å². The second kappa shape index (κ2) is 5.17. The van der Waals surface area contributed by atoms with Gasteiger partial charge in [-0.3, -0.25) is 4.79 Å². The van der Waals surface area contributed by atoms with Crippen LogP contribution in [-0.2, 0) is 14.9 Å². The van der Waals surface area contributed by atoms with Crippen molar-refractivity contribution in [1.29, 1.82) is 0 Å². The Bertz CT molecular complexity index is 413. The van der Waals surface area contributed by atoms with Gasteiger partial charge in [0.1, 0.15) is 0 Å². The number of esters is 1. The first kappa shape index (κ1) is 13.5. The third-order valence-electron chi connectivity index (χ3n) is 2.75. The summed E-state index contributed by atoms with van der Waals surface area (Å²) < 4.78 is 22.8. The van der Waals surface area contributed by atoms with Gasteiger partial charge in [0.05, 0.1) is 20.6 Å². The van der Waals surface area contributed by atoms with Gasteiger partial charge in [-0.2, -0.15) is 0 Å². The van der Waals surface area contributed by atoms with Crippen LogP contribution in [0, 0.1) is 5.82 Å². The van der Waals surface area contributed by atoms with Crippen molar-refractivity contribution in [2.75, 3.05) is 14.2 Å². The van der Waals surface area contributed by atoms with Gasteiger partial charge in [-0.25, -0.2) is 4.39 Å². The highest BCUT2D eigenvalue weighted by molar-refractivity contribution is 5.71. The molecule has 1 rings (SSSR count). The minimum atomic E-state index is -0.423. The third-order valence-corrected chi connectivity index (χ3v) is 2.75. The van der Waals surface area contributed by atoms with Gasteiger partial charge >= 0.3 is 5.97 Å². The van der Waals surface area contributed by atoms with E-state index in [2.05, 4.69) is 4.74 Å². The van der Waals surface area contributed by atoms with E-state index >= 15 is 0 Å². The minimum Gasteiger partial charge on any atom is -0.494 e. The fourth-order valence-corrected chi connectivity index (χ4v) is 1.62. The van der Waals surface area contributed by atoms with Gasteiger partial charge in [0.15, 0.2) is 11.6 Å². The molecule has 17 heavy (non-hydrogen) atoms. The van der Waals surface area contributed by atoms with Crippen molar-refractivity contribution in [2.45, 2.75) is 25.7 Å². The molecule has 0 amide bonds. The Morgan fingerprint density at radius 3 is 2.53 bits per heavy atom. The molecule has 0 heterocycles. The normalized spacial score (nSPS) is 11.1. The van der Waals surface area contributed by atoms with Gasteiger partial charge in [-0.15, -0.1) is 0 Å². The van der Waals surface area contributed by atoms with Gasteiger partial charge in [0, 0.05) is 5.41 Å². The highest BCUT2D eigenvalue weighted by Gasteiger charge is 2.25. The van der Waals surface area contributed by atoms with Gasteiger partial charge in [-0.1, -0.05) is 19.9 Å². The summed E-state index contributed by atoms with van der Waals surface area (Å²) in [5.41, 5.74) is 0.412. The predicted molar refractivity (Wildman–Crippen MR) is 62.6 cm³/mol. The molecule has 3 nitrogen and oxygen atoms in total. The van der Waals surface area contributed by atoms with Crippen LogP contribution in [0.15, 0.2) is 18.2 Å². The lowest BCUT2D eigenvalue weighted by atomic mass is 9.81. The molecule has 0 aliphatic heterocycles. The molecule has 0 aliphatic rings. The number of methoxy groups -OCH3 is 2. The third kappa shape index (κ3) is 3.19. The first-order valence-corrected chi connectivity index (χ1v) is 5.31. The van der Waals surface area contributed by atoms with Crippen molar-refractivity contribution in [1.82, 2.24) is 0 Å². The molecule has 1 aromatic rings. The lowest BCUT2D eigenvalue weighted by Crippen LogP contribution is -2.22. The van der Waals surface area contributed by atoms with Crippen molar-refractivity contribution in [3.8, 4) is 5.75 Å². The van der Waals surface area contributed by atoms with E-state index in [-0.39, 0.29) is 18.1 Å². The quantitative estimate of drug-likeness (QED) is 0.759. The van der Waals surface area contributed by atoms with Crippen molar-refractivity contribution >= 4 is 5.97 Å². The zero-order chi connectivity index (χ0) is 13.1. The van der Waals surface area contributed by atoms with Crippen LogP contribution in [0.4, 0.5) is 4.39 Å². The highest BCUT2D eigenvalue weighted by atomic mass is 19.1. The summed E-state index contributed by atoms with van der Waals surface area (Å²) >= 11 is 0. The van der Waals surface area contributed by atoms with Crippen molar-refractivity contribution in [3.63, 3.8) is 0 Å². The van der Waals surface area contributed by atoms with Crippen LogP contribution in [0.2, 0.25) is 0 Å². The van der Waals surface area contributed by atoms with Crippen molar-refractivity contribution in [2.24, 2.45) is 0 Å². The van der Waals surface area contributed by atoms with Crippen LogP contribution in [0.3, 0.4) is 0 Å². The number of carbonyl (C=O) groups excluding carboxylic acids is 1. The van der Waals surface area contributed by atoms with Gasteiger partial charge in [-0.05, 0) is 17.7 Å². The zero-order valence-corrected chi connectivity index (χ0v) is 10.5. The van der Waals surface area contributed by atoms with Crippen molar-refractivity contribution < 1.29 is 18.7 Å². The average molecular weight is 240 g/mol. The number of halogens is 1. The number of rotatable bonds is 4. The highest BCUT2D eigenvalue weighted by Crippen LogP contribution is 2.31. The van der Waals surface area contributed by atoms with E-state index in [1.807, 2.05) is 13.8 Å². The SMILES string of the molecule is COC(=O)CC(C)(C)c1ccc(F)c(OC)c1. The van der Waals surface area contributed by atoms with Crippen LogP contribution in [-0.4, -0.2) is 20.2 Å². The predicted octanol–water partition coefficient (Wildman–Crippen LogP) is 2.68. The Labute approximate surface area is 101 Å². The lowest BCUT2D eigenvalue weighted by molar-refractivity contribution is -0.141. The largest absolute Gasteiger partial charge is 0.494 e. The van der Waals surface area contributed by atoms with E-state index in [0.29, 0.717) is 0 Å². The molecule has 0 fully saturated rings. The fourth-order valence-electron chi connectivity index (χ4n) is 1.62. The first-order valence-electron chi connectivity index (χ1n) is 5.31. The van der Waals surface area contributed by atoms with Crippen LogP contribution < -0.4 is 4.74 Å². The molecule has 0 saturated heterocycles. The van der Waals surface area contributed by atoms with E-state index in [0.717, 1.165) is 5.56 Å². The number of carbonyl (C=O) groups is 1. The summed E-state index contributed by atoms with van der Waals surface area (Å²) in [4.78, 5) is 11.3. The summed E-state index contributed by atoms with van der Waals surface area (Å²) in [5, 5.41) is 0. The van der Waals surface area contributed by atoms with Crippen molar-refractivity contribution in [3.05, 3.63) is 29.6 Å². The van der Waals surface area contributed by atoms with E-state index in [9.17, 15) is 9.18 Å². The van der Waals surface area contributed by atoms with Gasteiger partial charge in [0.25, 0.3) is 0 Å². The maximum atomic E-state index is 13.3. The Morgan fingerprint density at radius 2 is 2.00 bits per heavy atom. The molecule has 0 radical (unpaired) electrons. The molecule has 0 unspecified atom stereocenters. The van der Waals surface area contributed by atoms with E-state index in [4.69, 9.17) is 4.74 Å². The monoisotopic (exact) mass is 240 g/mol.